The van der Waals surface area contributed by atoms with E-state index in [0.717, 1.165) is 36.4 Å². The molecule has 0 aliphatic carbocycles. The number of benzene rings is 2. The molecule has 25 heavy (non-hydrogen) atoms. The Balaban J connectivity index is 1.42. The number of hydrogen-bond acceptors (Lipinski definition) is 2. The van der Waals surface area contributed by atoms with Crippen LogP contribution in [0.2, 0.25) is 0 Å². The van der Waals surface area contributed by atoms with Crippen LogP contribution in [0, 0.1) is 0 Å². The molecule has 0 radical (unpaired) electrons. The summed E-state index contributed by atoms with van der Waals surface area (Å²) in [7, 11) is 0. The van der Waals surface area contributed by atoms with Crippen molar-refractivity contribution in [1.29, 1.82) is 0 Å². The molecular formula is C22H27N3. The second kappa shape index (κ2) is 6.64. The minimum Gasteiger partial charge on any atom is -0.341 e. The third kappa shape index (κ3) is 3.34. The van der Waals surface area contributed by atoms with Gasteiger partial charge < -0.3 is 4.98 Å². The Morgan fingerprint density at radius 3 is 2.68 bits per heavy atom. The van der Waals surface area contributed by atoms with Crippen molar-refractivity contribution >= 4 is 11.0 Å². The number of para-hydroxylation sites is 2. The number of likely N-dealkylation sites (tertiary alicyclic amines) is 1. The second-order valence-corrected chi connectivity index (χ2v) is 7.76. The van der Waals surface area contributed by atoms with Crippen LogP contribution in [-0.2, 0) is 11.8 Å². The van der Waals surface area contributed by atoms with Crippen LogP contribution in [0.1, 0.15) is 38.1 Å². The summed E-state index contributed by atoms with van der Waals surface area (Å²) in [6.45, 7) is 6.97. The van der Waals surface area contributed by atoms with Crippen molar-refractivity contribution in [2.75, 3.05) is 13.1 Å². The van der Waals surface area contributed by atoms with Crippen LogP contribution in [0.25, 0.3) is 11.0 Å². The average Bonchev–Trinajstić information content (AvgIpc) is 3.25. The highest BCUT2D eigenvalue weighted by Crippen LogP contribution is 2.34. The van der Waals surface area contributed by atoms with Crippen LogP contribution < -0.4 is 0 Å². The molecule has 2 heterocycles. The summed E-state index contributed by atoms with van der Waals surface area (Å²) in [6.07, 6.45) is 3.53. The number of aromatic amines is 1. The van der Waals surface area contributed by atoms with Gasteiger partial charge in [-0.15, -0.1) is 0 Å². The summed E-state index contributed by atoms with van der Waals surface area (Å²) in [5, 5.41) is 0. The number of rotatable bonds is 5. The van der Waals surface area contributed by atoms with Gasteiger partial charge >= 0.3 is 0 Å². The molecule has 3 aromatic rings. The zero-order chi connectivity index (χ0) is 17.3. The lowest BCUT2D eigenvalue weighted by Gasteiger charge is -2.27. The standard InChI is InChI=1S/C22H27N3/c1-17(12-13-18-8-4-3-5-9-18)25-15-14-22(2,16-25)21-23-19-10-6-7-11-20(19)24-21/h3-11,17H,12-16H2,1-2H3,(H,23,24). The number of nitrogens with one attached hydrogen (secondary N) is 1. The predicted molar refractivity (Wildman–Crippen MR) is 104 cm³/mol. The number of H-pyrrole nitrogens is 1. The van der Waals surface area contributed by atoms with Crippen molar-refractivity contribution in [3.63, 3.8) is 0 Å². The van der Waals surface area contributed by atoms with Gasteiger partial charge in [0.15, 0.2) is 0 Å². The first kappa shape index (κ1) is 16.3. The van der Waals surface area contributed by atoms with Crippen molar-refractivity contribution in [2.45, 2.75) is 44.6 Å². The molecule has 4 rings (SSSR count). The Labute approximate surface area is 150 Å². The van der Waals surface area contributed by atoms with E-state index in [2.05, 4.69) is 78.3 Å². The van der Waals surface area contributed by atoms with E-state index in [1.807, 2.05) is 0 Å². The van der Waals surface area contributed by atoms with Crippen molar-refractivity contribution in [3.05, 3.63) is 66.0 Å². The van der Waals surface area contributed by atoms with E-state index in [1.54, 1.807) is 0 Å². The van der Waals surface area contributed by atoms with Crippen LogP contribution in [0.5, 0.6) is 0 Å². The van der Waals surface area contributed by atoms with Crippen LogP contribution in [0.4, 0.5) is 0 Å². The molecule has 2 atom stereocenters. The van der Waals surface area contributed by atoms with Crippen LogP contribution in [-0.4, -0.2) is 34.0 Å². The van der Waals surface area contributed by atoms with E-state index < -0.39 is 0 Å². The molecular weight excluding hydrogens is 306 g/mol. The van der Waals surface area contributed by atoms with E-state index in [9.17, 15) is 0 Å². The van der Waals surface area contributed by atoms with E-state index in [-0.39, 0.29) is 5.41 Å². The molecule has 1 aliphatic heterocycles. The van der Waals surface area contributed by atoms with E-state index in [1.165, 1.54) is 18.4 Å². The minimum absolute atomic E-state index is 0.125. The summed E-state index contributed by atoms with van der Waals surface area (Å²) >= 11 is 0. The zero-order valence-corrected chi connectivity index (χ0v) is 15.2. The number of fused-ring (bicyclic) bond motifs is 1. The molecule has 2 aromatic carbocycles. The number of hydrogen-bond donors (Lipinski definition) is 1. The fourth-order valence-corrected chi connectivity index (χ4v) is 4.01. The maximum absolute atomic E-state index is 4.87. The Morgan fingerprint density at radius 2 is 1.88 bits per heavy atom. The van der Waals surface area contributed by atoms with Gasteiger partial charge in [0.2, 0.25) is 0 Å². The molecule has 1 aliphatic rings. The van der Waals surface area contributed by atoms with E-state index in [4.69, 9.17) is 4.98 Å². The van der Waals surface area contributed by atoms with Gasteiger partial charge in [-0.25, -0.2) is 4.98 Å². The molecule has 3 nitrogen and oxygen atoms in total. The first-order valence-corrected chi connectivity index (χ1v) is 9.37. The van der Waals surface area contributed by atoms with Gasteiger partial charge in [-0.05, 0) is 50.4 Å². The fourth-order valence-electron chi connectivity index (χ4n) is 4.01. The second-order valence-electron chi connectivity index (χ2n) is 7.76. The summed E-state index contributed by atoms with van der Waals surface area (Å²) in [6, 6.07) is 19.8. The number of aromatic nitrogens is 2. The Kier molecular flexibility index (Phi) is 4.34. The third-order valence-electron chi connectivity index (χ3n) is 5.78. The lowest BCUT2D eigenvalue weighted by atomic mass is 9.89. The number of imidazole rings is 1. The molecule has 0 bridgehead atoms. The van der Waals surface area contributed by atoms with Crippen molar-refractivity contribution in [2.24, 2.45) is 0 Å². The Hall–Kier alpha value is -2.13. The summed E-state index contributed by atoms with van der Waals surface area (Å²) in [4.78, 5) is 11.1. The largest absolute Gasteiger partial charge is 0.341 e. The lowest BCUT2D eigenvalue weighted by Crippen LogP contribution is -2.35. The van der Waals surface area contributed by atoms with Gasteiger partial charge in [0.05, 0.1) is 11.0 Å². The maximum atomic E-state index is 4.87. The average molecular weight is 333 g/mol. The monoisotopic (exact) mass is 333 g/mol. The summed E-state index contributed by atoms with van der Waals surface area (Å²) in [5.74, 6) is 1.14. The summed E-state index contributed by atoms with van der Waals surface area (Å²) < 4.78 is 0. The van der Waals surface area contributed by atoms with Gasteiger partial charge in [-0.3, -0.25) is 4.90 Å². The molecule has 130 valence electrons. The minimum atomic E-state index is 0.125. The van der Waals surface area contributed by atoms with Gasteiger partial charge in [-0.1, -0.05) is 49.4 Å². The highest BCUT2D eigenvalue weighted by atomic mass is 15.2. The third-order valence-corrected chi connectivity index (χ3v) is 5.78. The van der Waals surface area contributed by atoms with Gasteiger partial charge in [0, 0.05) is 18.0 Å². The first-order valence-electron chi connectivity index (χ1n) is 9.37. The van der Waals surface area contributed by atoms with Crippen molar-refractivity contribution in [3.8, 4) is 0 Å². The molecule has 1 fully saturated rings. The molecule has 3 heteroatoms. The highest BCUT2D eigenvalue weighted by Gasteiger charge is 2.39. The summed E-state index contributed by atoms with van der Waals surface area (Å²) in [5.41, 5.74) is 3.79. The van der Waals surface area contributed by atoms with Crippen LogP contribution in [0.15, 0.2) is 54.6 Å². The predicted octanol–water partition coefficient (Wildman–Crippen LogP) is 4.55. The van der Waals surface area contributed by atoms with E-state index in [0.29, 0.717) is 6.04 Å². The topological polar surface area (TPSA) is 31.9 Å². The quantitative estimate of drug-likeness (QED) is 0.743. The number of aryl methyl sites for hydroxylation is 1. The van der Waals surface area contributed by atoms with Gasteiger partial charge in [0.25, 0.3) is 0 Å². The fraction of sp³-hybridized carbons (Fsp3) is 0.409. The number of nitrogens with zero attached hydrogens (tertiary/aromatic N) is 2. The van der Waals surface area contributed by atoms with Crippen LogP contribution >= 0.6 is 0 Å². The van der Waals surface area contributed by atoms with Crippen molar-refractivity contribution < 1.29 is 0 Å². The van der Waals surface area contributed by atoms with Crippen LogP contribution in [0.3, 0.4) is 0 Å². The zero-order valence-electron chi connectivity index (χ0n) is 15.2. The molecule has 0 amide bonds. The van der Waals surface area contributed by atoms with Gasteiger partial charge in [0.1, 0.15) is 5.82 Å². The van der Waals surface area contributed by atoms with Gasteiger partial charge in [-0.2, -0.15) is 0 Å². The molecule has 1 N–H and O–H groups in total. The van der Waals surface area contributed by atoms with E-state index >= 15 is 0 Å². The SMILES string of the molecule is CC(CCc1ccccc1)N1CCC(C)(c2nc3ccccc3[nH]2)C1. The lowest BCUT2D eigenvalue weighted by molar-refractivity contribution is 0.232. The molecule has 1 saturated heterocycles. The molecule has 0 saturated carbocycles. The molecule has 0 spiro atoms. The normalized spacial score (nSPS) is 22.5. The molecule has 1 aromatic heterocycles. The smallest absolute Gasteiger partial charge is 0.114 e. The Bertz CT molecular complexity index is 806. The molecule has 2 unspecified atom stereocenters. The highest BCUT2D eigenvalue weighted by molar-refractivity contribution is 5.75. The maximum Gasteiger partial charge on any atom is 0.114 e. The first-order chi connectivity index (χ1) is 12.1. The van der Waals surface area contributed by atoms with Crippen molar-refractivity contribution in [1.82, 2.24) is 14.9 Å². The Morgan fingerprint density at radius 1 is 1.12 bits per heavy atom.